The maximum atomic E-state index is 11.8. The Hall–Kier alpha value is -3.38. The summed E-state index contributed by atoms with van der Waals surface area (Å²) in [7, 11) is 1.47. The molecule has 0 aliphatic carbocycles. The first-order chi connectivity index (χ1) is 12.5. The van der Waals surface area contributed by atoms with Crippen LogP contribution < -0.4 is 15.0 Å². The molecular weight excluding hydrogens is 358 g/mol. The number of H-pyrrole nitrogens is 2. The first-order valence-corrected chi connectivity index (χ1v) is 7.83. The van der Waals surface area contributed by atoms with Crippen LogP contribution in [0.3, 0.4) is 0 Å². The summed E-state index contributed by atoms with van der Waals surface area (Å²) in [6.07, 6.45) is 2.96. The number of carbonyl (C=O) groups is 1. The number of carboxylic acids is 1. The Balaban J connectivity index is 2.42. The number of hydrogen-bond donors (Lipinski definition) is 3. The van der Waals surface area contributed by atoms with Gasteiger partial charge in [0.2, 0.25) is 0 Å². The van der Waals surface area contributed by atoms with Crippen molar-refractivity contribution in [1.82, 2.24) is 9.97 Å². The average Bonchev–Trinajstić information content (AvgIpc) is 2.59. The van der Waals surface area contributed by atoms with Gasteiger partial charge in [0.05, 0.1) is 25.8 Å². The highest BCUT2D eigenvalue weighted by atomic mass is 32.1. The fraction of sp³-hybridized carbons (Fsp3) is 0.176. The number of methoxy groups -OCH3 is 1. The predicted molar refractivity (Wildman–Crippen MR) is 96.6 cm³/mol. The van der Waals surface area contributed by atoms with Crippen molar-refractivity contribution >= 4 is 30.3 Å². The number of para-hydroxylation sites is 1. The molecule has 26 heavy (non-hydrogen) atoms. The van der Waals surface area contributed by atoms with Crippen LogP contribution in [0.15, 0.2) is 23.0 Å². The van der Waals surface area contributed by atoms with E-state index in [1.54, 1.807) is 24.3 Å². The Bertz CT molecular complexity index is 1000. The van der Waals surface area contributed by atoms with Crippen molar-refractivity contribution in [2.24, 2.45) is 0 Å². The largest absolute Gasteiger partial charge is 0.493 e. The van der Waals surface area contributed by atoms with E-state index in [0.717, 1.165) is 0 Å². The number of carboxylic acid groups (broad SMARTS) is 1. The third-order valence-electron chi connectivity index (χ3n) is 3.30. The molecule has 8 nitrogen and oxygen atoms in total. The molecule has 0 spiro atoms. The molecule has 0 atom stereocenters. The number of ether oxygens (including phenoxy) is 2. The Kier molecular flexibility index (Phi) is 6.30. The minimum absolute atomic E-state index is 0.0343. The van der Waals surface area contributed by atoms with Crippen molar-refractivity contribution in [3.63, 3.8) is 0 Å². The first kappa shape index (κ1) is 19.0. The molecule has 9 heteroatoms. The zero-order chi connectivity index (χ0) is 19.1. The SMILES string of the molecule is COc1cccc(/C=C/c2[nH]c(=S)[nH]c(=O)c2C#N)c1OCCC(=O)O. The van der Waals surface area contributed by atoms with E-state index in [0.29, 0.717) is 17.1 Å². The highest BCUT2D eigenvalue weighted by Gasteiger charge is 2.11. The van der Waals surface area contributed by atoms with Crippen LogP contribution >= 0.6 is 12.2 Å². The van der Waals surface area contributed by atoms with E-state index in [4.69, 9.17) is 32.1 Å². The number of aromatic amines is 2. The van der Waals surface area contributed by atoms with Crippen molar-refractivity contribution in [2.75, 3.05) is 13.7 Å². The van der Waals surface area contributed by atoms with E-state index in [9.17, 15) is 9.59 Å². The van der Waals surface area contributed by atoms with Crippen molar-refractivity contribution in [3.05, 3.63) is 50.1 Å². The molecule has 0 saturated carbocycles. The van der Waals surface area contributed by atoms with E-state index in [2.05, 4.69) is 9.97 Å². The van der Waals surface area contributed by atoms with Crippen molar-refractivity contribution in [2.45, 2.75) is 6.42 Å². The highest BCUT2D eigenvalue weighted by molar-refractivity contribution is 7.71. The molecule has 0 aliphatic rings. The zero-order valence-electron chi connectivity index (χ0n) is 13.7. The number of aromatic nitrogens is 2. The Morgan fingerprint density at radius 1 is 1.38 bits per heavy atom. The van der Waals surface area contributed by atoms with Gasteiger partial charge in [-0.25, -0.2) is 0 Å². The van der Waals surface area contributed by atoms with Crippen molar-refractivity contribution < 1.29 is 19.4 Å². The number of nitriles is 1. The standard InChI is InChI=1S/C17H15N3O5S/c1-24-13-4-2-3-10(15(13)25-8-7-14(21)22)5-6-12-11(9-18)16(23)20-17(26)19-12/h2-6H,7-8H2,1H3,(H,21,22)(H2,19,20,23,26)/b6-5+. The summed E-state index contributed by atoms with van der Waals surface area (Å²) >= 11 is 4.92. The monoisotopic (exact) mass is 373 g/mol. The van der Waals surface area contributed by atoms with Crippen LogP contribution in [0.1, 0.15) is 23.2 Å². The smallest absolute Gasteiger partial charge is 0.306 e. The van der Waals surface area contributed by atoms with Gasteiger partial charge in [0.15, 0.2) is 16.3 Å². The Morgan fingerprint density at radius 2 is 2.15 bits per heavy atom. The van der Waals surface area contributed by atoms with Crippen LogP contribution in [-0.2, 0) is 4.79 Å². The summed E-state index contributed by atoms with van der Waals surface area (Å²) in [6.45, 7) is -0.0343. The third-order valence-corrected chi connectivity index (χ3v) is 3.51. The van der Waals surface area contributed by atoms with Crippen molar-refractivity contribution in [1.29, 1.82) is 5.26 Å². The second-order valence-electron chi connectivity index (χ2n) is 5.01. The zero-order valence-corrected chi connectivity index (χ0v) is 14.6. The highest BCUT2D eigenvalue weighted by Crippen LogP contribution is 2.32. The molecular formula is C17H15N3O5S. The molecule has 1 aromatic carbocycles. The molecule has 2 rings (SSSR count). The lowest BCUT2D eigenvalue weighted by Crippen LogP contribution is -2.13. The number of rotatable bonds is 7. The topological polar surface area (TPSA) is 128 Å². The van der Waals surface area contributed by atoms with Crippen molar-refractivity contribution in [3.8, 4) is 17.6 Å². The summed E-state index contributed by atoms with van der Waals surface area (Å²) in [4.78, 5) is 27.5. The van der Waals surface area contributed by atoms with Gasteiger partial charge >= 0.3 is 5.97 Å². The van der Waals surface area contributed by atoms with Crippen LogP contribution in [0.25, 0.3) is 12.2 Å². The molecule has 0 bridgehead atoms. The lowest BCUT2D eigenvalue weighted by molar-refractivity contribution is -0.137. The van der Waals surface area contributed by atoms with Crippen LogP contribution in [-0.4, -0.2) is 34.8 Å². The second kappa shape index (κ2) is 8.64. The van der Waals surface area contributed by atoms with Gasteiger partial charge < -0.3 is 19.6 Å². The first-order valence-electron chi connectivity index (χ1n) is 7.42. The Labute approximate surface area is 153 Å². The number of benzene rings is 1. The van der Waals surface area contributed by atoms with E-state index in [-0.39, 0.29) is 29.1 Å². The molecule has 0 unspecified atom stereocenters. The lowest BCUT2D eigenvalue weighted by atomic mass is 10.1. The van der Waals surface area contributed by atoms with Gasteiger partial charge in [-0.3, -0.25) is 14.6 Å². The van der Waals surface area contributed by atoms with Crippen LogP contribution in [0.5, 0.6) is 11.5 Å². The maximum Gasteiger partial charge on any atom is 0.306 e. The molecule has 0 amide bonds. The minimum Gasteiger partial charge on any atom is -0.493 e. The molecule has 3 N–H and O–H groups in total. The normalized spacial score (nSPS) is 10.5. The van der Waals surface area contributed by atoms with Gasteiger partial charge in [0.25, 0.3) is 5.56 Å². The molecule has 0 aliphatic heterocycles. The summed E-state index contributed by atoms with van der Waals surface area (Å²) in [5.41, 5.74) is 0.143. The van der Waals surface area contributed by atoms with E-state index >= 15 is 0 Å². The molecule has 134 valence electrons. The van der Waals surface area contributed by atoms with Gasteiger partial charge in [0.1, 0.15) is 11.6 Å². The van der Waals surface area contributed by atoms with Crippen LogP contribution in [0.2, 0.25) is 0 Å². The third kappa shape index (κ3) is 4.58. The maximum absolute atomic E-state index is 11.8. The summed E-state index contributed by atoms with van der Waals surface area (Å²) < 4.78 is 10.9. The Morgan fingerprint density at radius 3 is 2.81 bits per heavy atom. The number of nitrogens with zero attached hydrogens (tertiary/aromatic N) is 1. The molecule has 0 radical (unpaired) electrons. The molecule has 0 saturated heterocycles. The minimum atomic E-state index is -0.980. The molecule has 1 heterocycles. The molecule has 1 aromatic heterocycles. The van der Waals surface area contributed by atoms with E-state index < -0.39 is 11.5 Å². The predicted octanol–water partition coefficient (Wildman–Crippen LogP) is 2.34. The number of hydrogen-bond acceptors (Lipinski definition) is 6. The van der Waals surface area contributed by atoms with Gasteiger partial charge in [-0.15, -0.1) is 0 Å². The van der Waals surface area contributed by atoms with E-state index in [1.165, 1.54) is 13.2 Å². The fourth-order valence-corrected chi connectivity index (χ4v) is 2.34. The summed E-state index contributed by atoms with van der Waals surface area (Å²) in [5.74, 6) is -0.196. The summed E-state index contributed by atoms with van der Waals surface area (Å²) in [5, 5.41) is 17.9. The second-order valence-corrected chi connectivity index (χ2v) is 5.42. The van der Waals surface area contributed by atoms with Gasteiger partial charge in [-0.1, -0.05) is 12.1 Å². The summed E-state index contributed by atoms with van der Waals surface area (Å²) in [6, 6.07) is 6.95. The molecule has 2 aromatic rings. The quantitative estimate of drug-likeness (QED) is 0.635. The lowest BCUT2D eigenvalue weighted by Gasteiger charge is -2.12. The fourth-order valence-electron chi connectivity index (χ4n) is 2.13. The van der Waals surface area contributed by atoms with Gasteiger partial charge in [-0.05, 0) is 30.4 Å². The van der Waals surface area contributed by atoms with E-state index in [1.807, 2.05) is 6.07 Å². The van der Waals surface area contributed by atoms with Crippen LogP contribution in [0, 0.1) is 16.1 Å². The van der Waals surface area contributed by atoms with Gasteiger partial charge in [-0.2, -0.15) is 5.26 Å². The average molecular weight is 373 g/mol. The number of nitrogens with one attached hydrogen (secondary N) is 2. The number of aliphatic carboxylic acids is 1. The molecule has 0 fully saturated rings. The van der Waals surface area contributed by atoms with Gasteiger partial charge in [0, 0.05) is 5.56 Å². The van der Waals surface area contributed by atoms with Crippen LogP contribution in [0.4, 0.5) is 0 Å².